The van der Waals surface area contributed by atoms with Gasteiger partial charge in [-0.1, -0.05) is 0 Å². The van der Waals surface area contributed by atoms with E-state index < -0.39 is 11.7 Å². The lowest BCUT2D eigenvalue weighted by Crippen LogP contribution is -2.35. The van der Waals surface area contributed by atoms with Crippen LogP contribution in [0.25, 0.3) is 0 Å². The lowest BCUT2D eigenvalue weighted by atomic mass is 10.2. The molecule has 0 fully saturated rings. The van der Waals surface area contributed by atoms with Crippen LogP contribution in [0.2, 0.25) is 0 Å². The Morgan fingerprint density at radius 1 is 1.28 bits per heavy atom. The first-order valence-corrected chi connectivity index (χ1v) is 5.71. The third-order valence-electron chi connectivity index (χ3n) is 2.10. The third kappa shape index (κ3) is 4.53. The monoisotopic (exact) mass is 252 g/mol. The second-order valence-electron chi connectivity index (χ2n) is 4.94. The Morgan fingerprint density at radius 2 is 1.94 bits per heavy atom. The van der Waals surface area contributed by atoms with Crippen molar-refractivity contribution in [3.8, 4) is 5.75 Å². The van der Waals surface area contributed by atoms with Gasteiger partial charge in [0.15, 0.2) is 0 Å². The number of amides is 1. The first kappa shape index (κ1) is 14.2. The van der Waals surface area contributed by atoms with Crippen LogP contribution in [0.3, 0.4) is 0 Å². The van der Waals surface area contributed by atoms with E-state index >= 15 is 0 Å². The van der Waals surface area contributed by atoms with Crippen LogP contribution in [0.1, 0.15) is 26.3 Å². The van der Waals surface area contributed by atoms with E-state index in [1.54, 1.807) is 7.11 Å². The molecular weight excluding hydrogens is 232 g/mol. The molecule has 0 saturated heterocycles. The van der Waals surface area contributed by atoms with Gasteiger partial charge in [-0.2, -0.15) is 0 Å². The highest BCUT2D eigenvalue weighted by Crippen LogP contribution is 2.20. The Hall–Kier alpha value is -1.91. The van der Waals surface area contributed by atoms with Gasteiger partial charge in [0.1, 0.15) is 11.4 Å². The van der Waals surface area contributed by atoms with E-state index in [-0.39, 0.29) is 0 Å². The number of benzene rings is 1. The molecule has 1 rings (SSSR count). The van der Waals surface area contributed by atoms with Crippen LogP contribution in [0, 0.1) is 6.92 Å². The Labute approximate surface area is 107 Å². The van der Waals surface area contributed by atoms with Gasteiger partial charge in [0.2, 0.25) is 0 Å². The van der Waals surface area contributed by atoms with Crippen molar-refractivity contribution in [3.05, 3.63) is 23.8 Å². The second kappa shape index (κ2) is 5.62. The van der Waals surface area contributed by atoms with Gasteiger partial charge in [-0.3, -0.25) is 5.43 Å². The first-order valence-electron chi connectivity index (χ1n) is 5.71. The number of hydrazine groups is 1. The number of hydrogen-bond donors (Lipinski definition) is 2. The number of anilines is 1. The van der Waals surface area contributed by atoms with Gasteiger partial charge in [-0.25, -0.2) is 10.2 Å². The molecule has 0 heterocycles. The summed E-state index contributed by atoms with van der Waals surface area (Å²) in [6.45, 7) is 7.36. The van der Waals surface area contributed by atoms with Gasteiger partial charge in [0, 0.05) is 0 Å². The predicted octanol–water partition coefficient (Wildman–Crippen LogP) is 2.86. The fraction of sp³-hybridized carbons (Fsp3) is 0.462. The Morgan fingerprint density at radius 3 is 2.44 bits per heavy atom. The number of methoxy groups -OCH3 is 1. The number of ether oxygens (including phenoxy) is 2. The highest BCUT2D eigenvalue weighted by Gasteiger charge is 2.15. The summed E-state index contributed by atoms with van der Waals surface area (Å²) in [6.07, 6.45) is -0.518. The van der Waals surface area contributed by atoms with E-state index in [0.717, 1.165) is 17.0 Å². The summed E-state index contributed by atoms with van der Waals surface area (Å²) < 4.78 is 10.2. The average molecular weight is 252 g/mol. The van der Waals surface area contributed by atoms with Gasteiger partial charge in [-0.15, -0.1) is 0 Å². The summed E-state index contributed by atoms with van der Waals surface area (Å²) in [5.41, 5.74) is 6.48. The molecule has 0 aromatic heterocycles. The zero-order chi connectivity index (χ0) is 13.8. The van der Waals surface area contributed by atoms with Crippen LogP contribution in [0.4, 0.5) is 10.5 Å². The smallest absolute Gasteiger partial charge is 0.426 e. The maximum absolute atomic E-state index is 11.4. The predicted molar refractivity (Wildman–Crippen MR) is 70.7 cm³/mol. The van der Waals surface area contributed by atoms with Crippen LogP contribution in [-0.2, 0) is 4.74 Å². The Bertz CT molecular complexity index is 425. The molecule has 0 aliphatic rings. The molecule has 1 aromatic carbocycles. The van der Waals surface area contributed by atoms with Crippen molar-refractivity contribution in [3.63, 3.8) is 0 Å². The van der Waals surface area contributed by atoms with Crippen molar-refractivity contribution >= 4 is 11.8 Å². The highest BCUT2D eigenvalue weighted by atomic mass is 16.6. The quantitative estimate of drug-likeness (QED) is 0.812. The number of hydrogen-bond acceptors (Lipinski definition) is 4. The molecular formula is C13H20N2O3. The van der Waals surface area contributed by atoms with Gasteiger partial charge in [0.05, 0.1) is 12.8 Å². The van der Waals surface area contributed by atoms with Gasteiger partial charge in [0.25, 0.3) is 0 Å². The maximum Gasteiger partial charge on any atom is 0.426 e. The largest absolute Gasteiger partial charge is 0.496 e. The molecule has 0 aliphatic heterocycles. The summed E-state index contributed by atoms with van der Waals surface area (Å²) in [7, 11) is 1.62. The molecule has 18 heavy (non-hydrogen) atoms. The van der Waals surface area contributed by atoms with Crippen LogP contribution >= 0.6 is 0 Å². The van der Waals surface area contributed by atoms with Gasteiger partial charge < -0.3 is 9.47 Å². The fourth-order valence-electron chi connectivity index (χ4n) is 1.38. The van der Waals surface area contributed by atoms with Crippen LogP contribution in [-0.4, -0.2) is 18.8 Å². The van der Waals surface area contributed by atoms with Gasteiger partial charge in [-0.05, 0) is 51.5 Å². The summed E-state index contributed by atoms with van der Waals surface area (Å²) >= 11 is 0. The molecule has 0 bridgehead atoms. The zero-order valence-corrected chi connectivity index (χ0v) is 11.5. The number of carbonyl (C=O) groups is 1. The van der Waals surface area contributed by atoms with Crippen molar-refractivity contribution in [2.24, 2.45) is 0 Å². The molecule has 0 spiro atoms. The van der Waals surface area contributed by atoms with Crippen molar-refractivity contribution in [2.75, 3.05) is 12.5 Å². The number of carbonyl (C=O) groups excluding carboxylic acids is 1. The molecule has 0 radical (unpaired) electrons. The van der Waals surface area contributed by atoms with E-state index in [2.05, 4.69) is 10.9 Å². The van der Waals surface area contributed by atoms with E-state index in [0.29, 0.717) is 0 Å². The number of aryl methyl sites for hydroxylation is 1. The summed E-state index contributed by atoms with van der Waals surface area (Å²) in [6, 6.07) is 5.51. The second-order valence-corrected chi connectivity index (χ2v) is 4.94. The first-order chi connectivity index (χ1) is 8.31. The summed E-state index contributed by atoms with van der Waals surface area (Å²) in [5, 5.41) is 0. The van der Waals surface area contributed by atoms with E-state index in [1.165, 1.54) is 0 Å². The molecule has 5 heteroatoms. The van der Waals surface area contributed by atoms with Crippen LogP contribution in [0.15, 0.2) is 18.2 Å². The normalized spacial score (nSPS) is 10.7. The molecule has 1 amide bonds. The lowest BCUT2D eigenvalue weighted by molar-refractivity contribution is 0.0541. The highest BCUT2D eigenvalue weighted by molar-refractivity contribution is 5.70. The van der Waals surface area contributed by atoms with E-state index in [9.17, 15) is 4.79 Å². The molecule has 0 saturated carbocycles. The topological polar surface area (TPSA) is 59.6 Å². The Kier molecular flexibility index (Phi) is 4.42. The van der Waals surface area contributed by atoms with Crippen LogP contribution in [0.5, 0.6) is 5.75 Å². The molecule has 0 unspecified atom stereocenters. The molecule has 1 aromatic rings. The third-order valence-corrected chi connectivity index (χ3v) is 2.10. The number of nitrogens with one attached hydrogen (secondary N) is 2. The van der Waals surface area contributed by atoms with Crippen molar-refractivity contribution in [2.45, 2.75) is 33.3 Å². The van der Waals surface area contributed by atoms with Crippen LogP contribution < -0.4 is 15.6 Å². The van der Waals surface area contributed by atoms with Crippen molar-refractivity contribution in [1.29, 1.82) is 0 Å². The Balaban J connectivity index is 2.54. The molecule has 0 atom stereocenters. The zero-order valence-electron chi connectivity index (χ0n) is 11.5. The number of rotatable bonds is 3. The van der Waals surface area contributed by atoms with E-state index in [1.807, 2.05) is 45.9 Å². The molecule has 0 aliphatic carbocycles. The minimum absolute atomic E-state index is 0.512. The minimum Gasteiger partial charge on any atom is -0.496 e. The molecule has 2 N–H and O–H groups in total. The fourth-order valence-corrected chi connectivity index (χ4v) is 1.38. The SMILES string of the molecule is COc1ccc(NNC(=O)OC(C)(C)C)cc1C. The molecule has 5 nitrogen and oxygen atoms in total. The standard InChI is InChI=1S/C13H20N2O3/c1-9-8-10(6-7-11(9)17-5)14-15-12(16)18-13(2,3)4/h6-8,14H,1-5H3,(H,15,16). The average Bonchev–Trinajstić information content (AvgIpc) is 2.24. The summed E-state index contributed by atoms with van der Waals surface area (Å²) in [5.74, 6) is 0.804. The minimum atomic E-state index is -0.518. The van der Waals surface area contributed by atoms with Gasteiger partial charge >= 0.3 is 6.09 Å². The summed E-state index contributed by atoms with van der Waals surface area (Å²) in [4.78, 5) is 11.4. The molecule has 100 valence electrons. The lowest BCUT2D eigenvalue weighted by Gasteiger charge is -2.20. The van der Waals surface area contributed by atoms with Crippen molar-refractivity contribution in [1.82, 2.24) is 5.43 Å². The maximum atomic E-state index is 11.4. The van der Waals surface area contributed by atoms with Crippen molar-refractivity contribution < 1.29 is 14.3 Å². The van der Waals surface area contributed by atoms with E-state index in [4.69, 9.17) is 9.47 Å².